The Balaban J connectivity index is 1.56. The standard InChI is InChI=1S/C20H20N2O/c23-20(22-11-5-2-6-12-22)16-9-10-18-17(13-16)14-19(21-18)15-7-3-1-4-8-15/h1,3-4,7-10,13H,2,5-6,11-12,14H2. The molecular weight excluding hydrogens is 284 g/mol. The van der Waals surface area contributed by atoms with Crippen LogP contribution >= 0.6 is 0 Å². The van der Waals surface area contributed by atoms with Crippen LogP contribution in [0.4, 0.5) is 5.69 Å². The molecule has 0 bridgehead atoms. The van der Waals surface area contributed by atoms with Gasteiger partial charge in [0.25, 0.3) is 5.91 Å². The van der Waals surface area contributed by atoms with E-state index in [0.29, 0.717) is 0 Å². The molecule has 0 N–H and O–H groups in total. The molecule has 2 aromatic carbocycles. The summed E-state index contributed by atoms with van der Waals surface area (Å²) in [5.74, 6) is 0.167. The quantitative estimate of drug-likeness (QED) is 0.825. The van der Waals surface area contributed by atoms with E-state index in [4.69, 9.17) is 4.99 Å². The third-order valence-corrected chi connectivity index (χ3v) is 4.69. The highest BCUT2D eigenvalue weighted by Crippen LogP contribution is 2.30. The van der Waals surface area contributed by atoms with Gasteiger partial charge in [0.15, 0.2) is 0 Å². The average Bonchev–Trinajstić information content (AvgIpc) is 3.06. The van der Waals surface area contributed by atoms with Crippen molar-refractivity contribution in [1.82, 2.24) is 4.90 Å². The van der Waals surface area contributed by atoms with Crippen molar-refractivity contribution >= 4 is 17.3 Å². The van der Waals surface area contributed by atoms with Gasteiger partial charge >= 0.3 is 0 Å². The molecule has 2 heterocycles. The Hall–Kier alpha value is -2.42. The molecule has 4 rings (SSSR count). The zero-order valence-corrected chi connectivity index (χ0v) is 13.2. The molecule has 2 aliphatic heterocycles. The number of benzene rings is 2. The van der Waals surface area contributed by atoms with Crippen LogP contribution < -0.4 is 0 Å². The Kier molecular flexibility index (Phi) is 3.70. The Labute approximate surface area is 136 Å². The normalized spacial score (nSPS) is 16.9. The summed E-state index contributed by atoms with van der Waals surface area (Å²) in [4.78, 5) is 19.4. The van der Waals surface area contributed by atoms with Gasteiger partial charge in [-0.05, 0) is 48.6 Å². The van der Waals surface area contributed by atoms with Crippen LogP contribution in [0.3, 0.4) is 0 Å². The van der Waals surface area contributed by atoms with E-state index < -0.39 is 0 Å². The number of carbonyl (C=O) groups excluding carboxylic acids is 1. The van der Waals surface area contributed by atoms with Crippen LogP contribution in [0, 0.1) is 0 Å². The van der Waals surface area contributed by atoms with Crippen molar-refractivity contribution in [3.05, 3.63) is 65.2 Å². The molecule has 0 atom stereocenters. The number of likely N-dealkylation sites (tertiary alicyclic amines) is 1. The van der Waals surface area contributed by atoms with Crippen molar-refractivity contribution in [3.8, 4) is 0 Å². The van der Waals surface area contributed by atoms with Gasteiger partial charge in [-0.3, -0.25) is 9.79 Å². The number of rotatable bonds is 2. The number of carbonyl (C=O) groups is 1. The van der Waals surface area contributed by atoms with Gasteiger partial charge in [0.2, 0.25) is 0 Å². The fourth-order valence-corrected chi connectivity index (χ4v) is 3.41. The number of nitrogens with zero attached hydrogens (tertiary/aromatic N) is 2. The van der Waals surface area contributed by atoms with Gasteiger partial charge in [0.1, 0.15) is 0 Å². The second-order valence-corrected chi connectivity index (χ2v) is 6.30. The molecule has 3 heteroatoms. The molecule has 0 spiro atoms. The summed E-state index contributed by atoms with van der Waals surface area (Å²) in [5.41, 5.74) is 5.21. The number of amides is 1. The SMILES string of the molecule is O=C(c1ccc2c(c1)CC(c1ccccc1)=N2)N1CCCCC1. The largest absolute Gasteiger partial charge is 0.339 e. The summed E-state index contributed by atoms with van der Waals surface area (Å²) in [6.07, 6.45) is 4.29. The number of hydrogen-bond donors (Lipinski definition) is 0. The summed E-state index contributed by atoms with van der Waals surface area (Å²) in [5, 5.41) is 0. The molecule has 0 unspecified atom stereocenters. The van der Waals surface area contributed by atoms with Gasteiger partial charge in [0.05, 0.1) is 11.4 Å². The van der Waals surface area contributed by atoms with E-state index in [2.05, 4.69) is 12.1 Å². The molecule has 23 heavy (non-hydrogen) atoms. The lowest BCUT2D eigenvalue weighted by atomic mass is 10.0. The molecule has 116 valence electrons. The second kappa shape index (κ2) is 5.99. The van der Waals surface area contributed by atoms with E-state index >= 15 is 0 Å². The first-order valence-corrected chi connectivity index (χ1v) is 8.36. The molecular formula is C20H20N2O. The van der Waals surface area contributed by atoms with Crippen LogP contribution in [0.1, 0.15) is 40.7 Å². The van der Waals surface area contributed by atoms with Gasteiger partial charge in [-0.25, -0.2) is 0 Å². The number of fused-ring (bicyclic) bond motifs is 1. The third kappa shape index (κ3) is 2.79. The van der Waals surface area contributed by atoms with Crippen molar-refractivity contribution in [1.29, 1.82) is 0 Å². The van der Waals surface area contributed by atoms with Crippen molar-refractivity contribution < 1.29 is 4.79 Å². The highest BCUT2D eigenvalue weighted by atomic mass is 16.2. The molecule has 3 nitrogen and oxygen atoms in total. The summed E-state index contributed by atoms with van der Waals surface area (Å²) in [6, 6.07) is 16.2. The zero-order chi connectivity index (χ0) is 15.6. The fraction of sp³-hybridized carbons (Fsp3) is 0.300. The zero-order valence-electron chi connectivity index (χ0n) is 13.2. The Morgan fingerprint density at radius 3 is 2.52 bits per heavy atom. The summed E-state index contributed by atoms with van der Waals surface area (Å²) < 4.78 is 0. The summed E-state index contributed by atoms with van der Waals surface area (Å²) in [6.45, 7) is 1.78. The van der Waals surface area contributed by atoms with E-state index in [9.17, 15) is 4.79 Å². The van der Waals surface area contributed by atoms with Gasteiger partial charge in [0, 0.05) is 25.1 Å². The van der Waals surface area contributed by atoms with E-state index in [1.165, 1.54) is 6.42 Å². The van der Waals surface area contributed by atoms with Crippen molar-refractivity contribution in [2.24, 2.45) is 4.99 Å². The number of aliphatic imine (C=N–C) groups is 1. The van der Waals surface area contributed by atoms with Gasteiger partial charge in [-0.15, -0.1) is 0 Å². The summed E-state index contributed by atoms with van der Waals surface area (Å²) in [7, 11) is 0. The maximum atomic E-state index is 12.6. The van der Waals surface area contributed by atoms with Gasteiger partial charge < -0.3 is 4.90 Å². The molecule has 1 amide bonds. The van der Waals surface area contributed by atoms with Crippen LogP contribution in [0.2, 0.25) is 0 Å². The minimum atomic E-state index is 0.167. The first-order chi connectivity index (χ1) is 11.3. The first-order valence-electron chi connectivity index (χ1n) is 8.36. The molecule has 0 radical (unpaired) electrons. The topological polar surface area (TPSA) is 32.7 Å². The average molecular weight is 304 g/mol. The Morgan fingerprint density at radius 2 is 1.74 bits per heavy atom. The molecule has 0 aliphatic carbocycles. The number of piperidine rings is 1. The lowest BCUT2D eigenvalue weighted by Crippen LogP contribution is -2.35. The fourth-order valence-electron chi connectivity index (χ4n) is 3.41. The maximum Gasteiger partial charge on any atom is 0.253 e. The molecule has 1 fully saturated rings. The molecule has 2 aromatic rings. The van der Waals surface area contributed by atoms with Gasteiger partial charge in [-0.2, -0.15) is 0 Å². The Morgan fingerprint density at radius 1 is 0.957 bits per heavy atom. The van der Waals surface area contributed by atoms with Crippen LogP contribution in [0.15, 0.2) is 53.5 Å². The third-order valence-electron chi connectivity index (χ3n) is 4.69. The van der Waals surface area contributed by atoms with E-state index in [1.54, 1.807) is 0 Å². The molecule has 1 saturated heterocycles. The van der Waals surface area contributed by atoms with Crippen LogP contribution in [0.5, 0.6) is 0 Å². The van der Waals surface area contributed by atoms with Crippen LogP contribution in [-0.2, 0) is 6.42 Å². The number of hydrogen-bond acceptors (Lipinski definition) is 2. The van der Waals surface area contributed by atoms with Crippen molar-refractivity contribution in [2.45, 2.75) is 25.7 Å². The smallest absolute Gasteiger partial charge is 0.253 e. The minimum absolute atomic E-state index is 0.167. The lowest BCUT2D eigenvalue weighted by molar-refractivity contribution is 0.0724. The van der Waals surface area contributed by atoms with E-state index in [-0.39, 0.29) is 5.91 Å². The summed E-state index contributed by atoms with van der Waals surface area (Å²) >= 11 is 0. The Bertz CT molecular complexity index is 758. The minimum Gasteiger partial charge on any atom is -0.339 e. The van der Waals surface area contributed by atoms with Crippen LogP contribution in [0.25, 0.3) is 0 Å². The molecule has 0 aromatic heterocycles. The van der Waals surface area contributed by atoms with E-state index in [0.717, 1.165) is 60.4 Å². The lowest BCUT2D eigenvalue weighted by Gasteiger charge is -2.26. The second-order valence-electron chi connectivity index (χ2n) is 6.30. The molecule has 0 saturated carbocycles. The van der Waals surface area contributed by atoms with Gasteiger partial charge in [-0.1, -0.05) is 30.3 Å². The molecule has 2 aliphatic rings. The highest BCUT2D eigenvalue weighted by Gasteiger charge is 2.21. The predicted octanol–water partition coefficient (Wildman–Crippen LogP) is 3.99. The highest BCUT2D eigenvalue weighted by molar-refractivity contribution is 6.07. The van der Waals surface area contributed by atoms with Crippen molar-refractivity contribution in [3.63, 3.8) is 0 Å². The van der Waals surface area contributed by atoms with Crippen LogP contribution in [-0.4, -0.2) is 29.6 Å². The van der Waals surface area contributed by atoms with Crippen molar-refractivity contribution in [2.75, 3.05) is 13.1 Å². The van der Waals surface area contributed by atoms with E-state index in [1.807, 2.05) is 41.3 Å². The first kappa shape index (κ1) is 14.2. The monoisotopic (exact) mass is 304 g/mol. The maximum absolute atomic E-state index is 12.6. The predicted molar refractivity (Wildman–Crippen MR) is 92.5 cm³/mol.